The molecule has 132 valence electrons. The van der Waals surface area contributed by atoms with Crippen molar-refractivity contribution < 1.29 is 14.3 Å². The van der Waals surface area contributed by atoms with E-state index >= 15 is 0 Å². The molecule has 0 radical (unpaired) electrons. The molecule has 0 aliphatic carbocycles. The minimum absolute atomic E-state index is 0.0381. The van der Waals surface area contributed by atoms with Crippen LogP contribution in [0.3, 0.4) is 0 Å². The van der Waals surface area contributed by atoms with E-state index in [1.54, 1.807) is 12.1 Å². The molecule has 1 saturated heterocycles. The van der Waals surface area contributed by atoms with Crippen LogP contribution in [-0.4, -0.2) is 49.1 Å². The lowest BCUT2D eigenvalue weighted by Crippen LogP contribution is -2.50. The van der Waals surface area contributed by atoms with Gasteiger partial charge in [-0.3, -0.25) is 4.79 Å². The number of nitrogens with one attached hydrogen (secondary N) is 1. The number of rotatable bonds is 5. The number of esters is 1. The molecular formula is C18H27N3O3. The van der Waals surface area contributed by atoms with Gasteiger partial charge in [0.25, 0.3) is 0 Å². The van der Waals surface area contributed by atoms with Crippen molar-refractivity contribution in [1.82, 2.24) is 4.90 Å². The summed E-state index contributed by atoms with van der Waals surface area (Å²) in [5, 5.41) is 3.43. The van der Waals surface area contributed by atoms with Gasteiger partial charge in [-0.1, -0.05) is 19.9 Å². The van der Waals surface area contributed by atoms with Gasteiger partial charge in [0.1, 0.15) is 0 Å². The number of benzene rings is 1. The van der Waals surface area contributed by atoms with E-state index in [2.05, 4.69) is 5.32 Å². The third kappa shape index (κ3) is 4.47. The normalized spacial score (nSPS) is 16.8. The molecule has 0 unspecified atom stereocenters. The second kappa shape index (κ2) is 8.15. The van der Waals surface area contributed by atoms with Crippen molar-refractivity contribution in [3.05, 3.63) is 29.8 Å². The van der Waals surface area contributed by atoms with E-state index in [0.29, 0.717) is 18.7 Å². The Morgan fingerprint density at radius 2 is 1.96 bits per heavy atom. The maximum Gasteiger partial charge on any atom is 0.337 e. The fraction of sp³-hybridized carbons (Fsp3) is 0.556. The average molecular weight is 333 g/mol. The predicted octanol–water partition coefficient (Wildman–Crippen LogP) is 1.86. The summed E-state index contributed by atoms with van der Waals surface area (Å²) in [6.45, 7) is 5.33. The Morgan fingerprint density at radius 3 is 2.54 bits per heavy atom. The third-order valence-corrected chi connectivity index (χ3v) is 4.46. The van der Waals surface area contributed by atoms with Gasteiger partial charge >= 0.3 is 5.97 Å². The molecule has 1 heterocycles. The zero-order valence-corrected chi connectivity index (χ0v) is 14.6. The summed E-state index contributed by atoms with van der Waals surface area (Å²) in [4.78, 5) is 25.7. The lowest BCUT2D eigenvalue weighted by molar-refractivity contribution is -0.134. The molecule has 0 bridgehead atoms. The van der Waals surface area contributed by atoms with Gasteiger partial charge < -0.3 is 20.7 Å². The zero-order chi connectivity index (χ0) is 17.7. The molecule has 6 heteroatoms. The van der Waals surface area contributed by atoms with Crippen LogP contribution in [0.15, 0.2) is 24.3 Å². The monoisotopic (exact) mass is 333 g/mol. The summed E-state index contributed by atoms with van der Waals surface area (Å²) in [7, 11) is 1.37. The van der Waals surface area contributed by atoms with Gasteiger partial charge in [-0.25, -0.2) is 4.79 Å². The minimum atomic E-state index is -0.425. The molecule has 1 amide bonds. The molecular weight excluding hydrogens is 306 g/mol. The van der Waals surface area contributed by atoms with Gasteiger partial charge in [-0.05, 0) is 37.0 Å². The third-order valence-electron chi connectivity index (χ3n) is 4.46. The molecule has 3 N–H and O–H groups in total. The van der Waals surface area contributed by atoms with E-state index in [9.17, 15) is 9.59 Å². The molecule has 24 heavy (non-hydrogen) atoms. The van der Waals surface area contributed by atoms with Gasteiger partial charge in [-0.15, -0.1) is 0 Å². The summed E-state index contributed by atoms with van der Waals surface area (Å²) >= 11 is 0. The van der Waals surface area contributed by atoms with E-state index in [1.807, 2.05) is 30.9 Å². The van der Waals surface area contributed by atoms with Crippen LogP contribution in [0.5, 0.6) is 0 Å². The number of nitrogens with zero attached hydrogens (tertiary/aromatic N) is 1. The number of anilines is 1. The van der Waals surface area contributed by atoms with Crippen LogP contribution >= 0.6 is 0 Å². The van der Waals surface area contributed by atoms with E-state index in [4.69, 9.17) is 10.5 Å². The van der Waals surface area contributed by atoms with Crippen molar-refractivity contribution in [1.29, 1.82) is 0 Å². The molecule has 1 aliphatic heterocycles. The van der Waals surface area contributed by atoms with Crippen LogP contribution in [0.1, 0.15) is 37.0 Å². The second-order valence-electron chi connectivity index (χ2n) is 6.59. The fourth-order valence-corrected chi connectivity index (χ4v) is 2.83. The van der Waals surface area contributed by atoms with E-state index < -0.39 is 6.04 Å². The number of piperidine rings is 1. The van der Waals surface area contributed by atoms with Crippen molar-refractivity contribution in [2.24, 2.45) is 11.7 Å². The minimum Gasteiger partial charge on any atom is -0.465 e. The molecule has 0 saturated carbocycles. The second-order valence-corrected chi connectivity index (χ2v) is 6.59. The fourth-order valence-electron chi connectivity index (χ4n) is 2.83. The number of nitrogens with two attached hydrogens (primary N) is 1. The Morgan fingerprint density at radius 1 is 1.29 bits per heavy atom. The number of likely N-dealkylation sites (tertiary alicyclic amines) is 1. The predicted molar refractivity (Wildman–Crippen MR) is 93.8 cm³/mol. The summed E-state index contributed by atoms with van der Waals surface area (Å²) in [6, 6.07) is 7.13. The van der Waals surface area contributed by atoms with Crippen LogP contribution in [0.2, 0.25) is 0 Å². The zero-order valence-electron chi connectivity index (χ0n) is 14.6. The van der Waals surface area contributed by atoms with Crippen LogP contribution < -0.4 is 11.1 Å². The van der Waals surface area contributed by atoms with E-state index in [0.717, 1.165) is 18.5 Å². The Bertz CT molecular complexity index is 581. The first-order chi connectivity index (χ1) is 11.4. The Kier molecular flexibility index (Phi) is 6.20. The van der Waals surface area contributed by atoms with Crippen molar-refractivity contribution in [2.45, 2.75) is 38.8 Å². The highest BCUT2D eigenvalue weighted by molar-refractivity contribution is 5.90. The summed E-state index contributed by atoms with van der Waals surface area (Å²) < 4.78 is 4.74. The van der Waals surface area contributed by atoms with Crippen LogP contribution in [0.4, 0.5) is 5.69 Å². The number of methoxy groups -OCH3 is 1. The lowest BCUT2D eigenvalue weighted by Gasteiger charge is -2.35. The summed E-state index contributed by atoms with van der Waals surface area (Å²) in [6.07, 6.45) is 1.72. The van der Waals surface area contributed by atoms with Crippen LogP contribution in [0, 0.1) is 5.92 Å². The number of carbonyl (C=O) groups excluding carboxylic acids is 2. The first-order valence-electron chi connectivity index (χ1n) is 8.41. The topological polar surface area (TPSA) is 84.7 Å². The number of amides is 1. The highest BCUT2D eigenvalue weighted by Crippen LogP contribution is 2.19. The van der Waals surface area contributed by atoms with Crippen molar-refractivity contribution in [3.63, 3.8) is 0 Å². The first kappa shape index (κ1) is 18.3. The Hall–Kier alpha value is -2.08. The summed E-state index contributed by atoms with van der Waals surface area (Å²) in [5.74, 6) is -0.160. The number of hydrogen-bond donors (Lipinski definition) is 2. The number of ether oxygens (including phenoxy) is 1. The molecule has 1 aromatic carbocycles. The quantitative estimate of drug-likeness (QED) is 0.804. The number of carbonyl (C=O) groups is 2. The van der Waals surface area contributed by atoms with Gasteiger partial charge in [0.2, 0.25) is 5.91 Å². The van der Waals surface area contributed by atoms with Gasteiger partial charge in [0.15, 0.2) is 0 Å². The smallest absolute Gasteiger partial charge is 0.337 e. The van der Waals surface area contributed by atoms with Gasteiger partial charge in [0.05, 0.1) is 18.7 Å². The number of hydrogen-bond acceptors (Lipinski definition) is 5. The maximum absolute atomic E-state index is 12.3. The van der Waals surface area contributed by atoms with Crippen molar-refractivity contribution in [2.75, 3.05) is 25.5 Å². The largest absolute Gasteiger partial charge is 0.465 e. The maximum atomic E-state index is 12.3. The van der Waals surface area contributed by atoms with E-state index in [1.165, 1.54) is 7.11 Å². The average Bonchev–Trinajstić information content (AvgIpc) is 2.60. The van der Waals surface area contributed by atoms with Crippen molar-refractivity contribution >= 4 is 17.6 Å². The first-order valence-corrected chi connectivity index (χ1v) is 8.41. The standard InChI is InChI=1S/C18H27N3O3/c1-12(2)16(19)17(22)21-9-7-14(8-10-21)20-15-6-4-5-13(11-15)18(23)24-3/h4-6,11-12,14,16,20H,7-10,19H2,1-3H3/t16-/m0/s1. The van der Waals surface area contributed by atoms with Crippen LogP contribution in [-0.2, 0) is 9.53 Å². The highest BCUT2D eigenvalue weighted by Gasteiger charge is 2.27. The molecule has 1 fully saturated rings. The summed E-state index contributed by atoms with van der Waals surface area (Å²) in [5.41, 5.74) is 7.37. The van der Waals surface area contributed by atoms with Crippen molar-refractivity contribution in [3.8, 4) is 0 Å². The van der Waals surface area contributed by atoms with Gasteiger partial charge in [-0.2, -0.15) is 0 Å². The van der Waals surface area contributed by atoms with Gasteiger partial charge in [0, 0.05) is 24.8 Å². The Balaban J connectivity index is 1.89. The molecule has 0 aromatic heterocycles. The molecule has 1 aromatic rings. The Labute approximate surface area is 143 Å². The molecule has 1 aliphatic rings. The SMILES string of the molecule is COC(=O)c1cccc(NC2CCN(C(=O)[C@@H](N)C(C)C)CC2)c1. The molecule has 6 nitrogen and oxygen atoms in total. The van der Waals surface area contributed by atoms with Crippen LogP contribution in [0.25, 0.3) is 0 Å². The molecule has 0 spiro atoms. The lowest BCUT2D eigenvalue weighted by atomic mass is 10.00. The highest BCUT2D eigenvalue weighted by atomic mass is 16.5. The molecule has 2 rings (SSSR count). The molecule has 1 atom stereocenters. The van der Waals surface area contributed by atoms with E-state index in [-0.39, 0.29) is 23.8 Å².